The van der Waals surface area contributed by atoms with Crippen LogP contribution in [0.25, 0.3) is 0 Å². The van der Waals surface area contributed by atoms with Crippen LogP contribution in [0.4, 0.5) is 0 Å². The van der Waals surface area contributed by atoms with E-state index in [1.807, 2.05) is 0 Å². The molecule has 0 aromatic heterocycles. The highest BCUT2D eigenvalue weighted by molar-refractivity contribution is 5.96. The Bertz CT molecular complexity index is 199. The maximum absolute atomic E-state index is 10.7. The topological polar surface area (TPSA) is 37.3 Å². The molecule has 0 bridgehead atoms. The minimum atomic E-state index is -0.0764. The Morgan fingerprint density at radius 2 is 2.22 bits per heavy atom. The minimum Gasteiger partial charge on any atom is -0.505 e. The normalized spacial score (nSPS) is 28.9. The van der Waals surface area contributed by atoms with Crippen LogP contribution >= 0.6 is 0 Å². The first-order valence-electron chi connectivity index (χ1n) is 3.17. The fourth-order valence-electron chi connectivity index (χ4n) is 1.31. The number of allylic oxidation sites excluding steroid dienone is 2. The molecule has 9 heavy (non-hydrogen) atoms. The van der Waals surface area contributed by atoms with Gasteiger partial charge in [-0.1, -0.05) is 0 Å². The molecular formula is C7H8O2. The van der Waals surface area contributed by atoms with Gasteiger partial charge in [0.2, 0.25) is 0 Å². The average Bonchev–Trinajstić information content (AvgIpc) is 2.42. The van der Waals surface area contributed by atoms with Crippen LogP contribution in [0, 0.1) is 5.41 Å². The van der Waals surface area contributed by atoms with Crippen molar-refractivity contribution in [1.82, 2.24) is 0 Å². The van der Waals surface area contributed by atoms with Gasteiger partial charge in [-0.25, -0.2) is 0 Å². The van der Waals surface area contributed by atoms with E-state index in [1.54, 1.807) is 6.08 Å². The number of Topliss-reactive ketones (excluding diaryl/α,β-unsaturated/α-hetero) is 1. The lowest BCUT2D eigenvalue weighted by atomic mass is 10.1. The van der Waals surface area contributed by atoms with Gasteiger partial charge in [0.25, 0.3) is 0 Å². The van der Waals surface area contributed by atoms with Crippen molar-refractivity contribution in [2.75, 3.05) is 0 Å². The zero-order chi connectivity index (χ0) is 6.48. The smallest absolute Gasteiger partial charge is 0.197 e. The largest absolute Gasteiger partial charge is 0.505 e. The zero-order valence-electron chi connectivity index (χ0n) is 5.05. The van der Waals surface area contributed by atoms with Crippen LogP contribution in [0.3, 0.4) is 0 Å². The van der Waals surface area contributed by atoms with Crippen molar-refractivity contribution >= 4 is 5.78 Å². The molecule has 2 heteroatoms. The van der Waals surface area contributed by atoms with Crippen LogP contribution < -0.4 is 0 Å². The Labute approximate surface area is 53.2 Å². The van der Waals surface area contributed by atoms with Gasteiger partial charge in [0.1, 0.15) is 0 Å². The average molecular weight is 124 g/mol. The highest BCUT2D eigenvalue weighted by atomic mass is 16.3. The molecule has 0 aromatic carbocycles. The molecule has 2 aliphatic carbocycles. The lowest BCUT2D eigenvalue weighted by Crippen LogP contribution is -1.96. The SMILES string of the molecule is O=C1CC2(C=C1O)CC2. The van der Waals surface area contributed by atoms with Crippen molar-refractivity contribution in [3.05, 3.63) is 11.8 Å². The van der Waals surface area contributed by atoms with E-state index in [0.717, 1.165) is 12.8 Å². The first-order chi connectivity index (χ1) is 4.22. The first kappa shape index (κ1) is 5.03. The quantitative estimate of drug-likeness (QED) is 0.526. The summed E-state index contributed by atoms with van der Waals surface area (Å²) < 4.78 is 0. The number of rotatable bonds is 0. The second-order valence-electron chi connectivity index (χ2n) is 2.99. The van der Waals surface area contributed by atoms with Gasteiger partial charge < -0.3 is 5.11 Å². The maximum Gasteiger partial charge on any atom is 0.197 e. The summed E-state index contributed by atoms with van der Waals surface area (Å²) in [6, 6.07) is 0. The molecule has 48 valence electrons. The number of aliphatic hydroxyl groups is 1. The van der Waals surface area contributed by atoms with Gasteiger partial charge in [-0.05, 0) is 24.3 Å². The number of carbonyl (C=O) groups is 1. The fourth-order valence-corrected chi connectivity index (χ4v) is 1.31. The number of aliphatic hydroxyl groups excluding tert-OH is 1. The molecule has 0 atom stereocenters. The van der Waals surface area contributed by atoms with E-state index < -0.39 is 0 Å². The van der Waals surface area contributed by atoms with E-state index in [9.17, 15) is 4.79 Å². The Morgan fingerprint density at radius 1 is 1.56 bits per heavy atom. The Hall–Kier alpha value is -0.790. The zero-order valence-corrected chi connectivity index (χ0v) is 5.05. The molecule has 1 fully saturated rings. The standard InChI is InChI=1S/C7H8O2/c8-5-3-7(1-2-7)4-6(5)9/h3,8H,1-2,4H2. The van der Waals surface area contributed by atoms with Crippen molar-refractivity contribution in [3.63, 3.8) is 0 Å². The Balaban J connectivity index is 2.31. The van der Waals surface area contributed by atoms with E-state index in [1.165, 1.54) is 0 Å². The van der Waals surface area contributed by atoms with Gasteiger partial charge >= 0.3 is 0 Å². The molecule has 2 rings (SSSR count). The maximum atomic E-state index is 10.7. The third kappa shape index (κ3) is 0.590. The molecule has 0 aliphatic heterocycles. The lowest BCUT2D eigenvalue weighted by molar-refractivity contribution is -0.117. The molecule has 0 amide bonds. The van der Waals surface area contributed by atoms with E-state index in [0.29, 0.717) is 6.42 Å². The van der Waals surface area contributed by atoms with Gasteiger partial charge in [0.05, 0.1) is 0 Å². The van der Waals surface area contributed by atoms with Gasteiger partial charge in [0, 0.05) is 6.42 Å². The Morgan fingerprint density at radius 3 is 2.44 bits per heavy atom. The van der Waals surface area contributed by atoms with Crippen molar-refractivity contribution in [3.8, 4) is 0 Å². The predicted octanol–water partition coefficient (Wildman–Crippen LogP) is 1.18. The number of hydrogen-bond donors (Lipinski definition) is 1. The van der Waals surface area contributed by atoms with Crippen LogP contribution in [0.1, 0.15) is 19.3 Å². The van der Waals surface area contributed by atoms with Crippen molar-refractivity contribution in [1.29, 1.82) is 0 Å². The van der Waals surface area contributed by atoms with Crippen LogP contribution in [-0.2, 0) is 4.79 Å². The molecule has 0 radical (unpaired) electrons. The summed E-state index contributed by atoms with van der Waals surface area (Å²) in [5, 5.41) is 8.88. The van der Waals surface area contributed by atoms with Gasteiger partial charge in [0.15, 0.2) is 11.5 Å². The summed E-state index contributed by atoms with van der Waals surface area (Å²) in [5.41, 5.74) is 0.126. The molecular weight excluding hydrogens is 116 g/mol. The van der Waals surface area contributed by atoms with Crippen LogP contribution in [-0.4, -0.2) is 10.9 Å². The minimum absolute atomic E-state index is 0.00694. The van der Waals surface area contributed by atoms with E-state index >= 15 is 0 Å². The molecule has 0 saturated heterocycles. The van der Waals surface area contributed by atoms with E-state index in [-0.39, 0.29) is 17.0 Å². The van der Waals surface area contributed by atoms with Gasteiger partial charge in [-0.15, -0.1) is 0 Å². The van der Waals surface area contributed by atoms with Crippen LogP contribution in [0.15, 0.2) is 11.8 Å². The second kappa shape index (κ2) is 1.20. The summed E-state index contributed by atoms with van der Waals surface area (Å²) in [6.07, 6.45) is 4.44. The monoisotopic (exact) mass is 124 g/mol. The predicted molar refractivity (Wildman–Crippen MR) is 32.0 cm³/mol. The van der Waals surface area contributed by atoms with Gasteiger partial charge in [-0.2, -0.15) is 0 Å². The molecule has 0 heterocycles. The number of ketones is 1. The summed E-state index contributed by atoms with van der Waals surface area (Å²) in [7, 11) is 0. The fraction of sp³-hybridized carbons (Fsp3) is 0.571. The number of hydrogen-bond acceptors (Lipinski definition) is 2. The van der Waals surface area contributed by atoms with Crippen molar-refractivity contribution in [2.24, 2.45) is 5.41 Å². The Kier molecular flexibility index (Phi) is 0.672. The molecule has 1 saturated carbocycles. The summed E-state index contributed by atoms with van der Waals surface area (Å²) in [6.45, 7) is 0. The van der Waals surface area contributed by atoms with Crippen molar-refractivity contribution in [2.45, 2.75) is 19.3 Å². The lowest BCUT2D eigenvalue weighted by Gasteiger charge is -1.93. The third-order valence-corrected chi connectivity index (χ3v) is 2.13. The first-order valence-corrected chi connectivity index (χ1v) is 3.17. The highest BCUT2D eigenvalue weighted by Crippen LogP contribution is 2.54. The molecule has 2 aliphatic rings. The summed E-state index contributed by atoms with van der Waals surface area (Å²) >= 11 is 0. The molecule has 0 unspecified atom stereocenters. The van der Waals surface area contributed by atoms with Gasteiger partial charge in [-0.3, -0.25) is 4.79 Å². The number of carbonyl (C=O) groups excluding carboxylic acids is 1. The van der Waals surface area contributed by atoms with Crippen LogP contribution in [0.5, 0.6) is 0 Å². The van der Waals surface area contributed by atoms with E-state index in [2.05, 4.69) is 0 Å². The molecule has 1 N–H and O–H groups in total. The van der Waals surface area contributed by atoms with E-state index in [4.69, 9.17) is 5.11 Å². The summed E-state index contributed by atoms with van der Waals surface area (Å²) in [5.74, 6) is -0.0833. The van der Waals surface area contributed by atoms with Crippen molar-refractivity contribution < 1.29 is 9.90 Å². The third-order valence-electron chi connectivity index (χ3n) is 2.13. The molecule has 2 nitrogen and oxygen atoms in total. The molecule has 1 spiro atoms. The second-order valence-corrected chi connectivity index (χ2v) is 2.99. The highest BCUT2D eigenvalue weighted by Gasteiger charge is 2.47. The van der Waals surface area contributed by atoms with Crippen LogP contribution in [0.2, 0.25) is 0 Å². The molecule has 0 aromatic rings. The summed E-state index contributed by atoms with van der Waals surface area (Å²) in [4.78, 5) is 10.7.